The lowest BCUT2D eigenvalue weighted by molar-refractivity contribution is 0.156. The Morgan fingerprint density at radius 2 is 2.36 bits per heavy atom. The maximum Gasteiger partial charge on any atom is 0.346 e. The molecule has 0 aromatic carbocycles. The molecule has 1 aliphatic rings. The fourth-order valence-electron chi connectivity index (χ4n) is 1.82. The van der Waals surface area contributed by atoms with Crippen molar-refractivity contribution in [2.24, 2.45) is 0 Å². The number of piperidine rings is 1. The number of hydrogen-bond donors (Lipinski definition) is 0. The van der Waals surface area contributed by atoms with Crippen LogP contribution < -0.4 is 0 Å². The first-order valence-electron chi connectivity index (χ1n) is 4.94. The fourth-order valence-corrected chi connectivity index (χ4v) is 1.82. The first-order valence-corrected chi connectivity index (χ1v) is 4.94. The Bertz CT molecular complexity index is 309. The molecule has 0 radical (unpaired) electrons. The number of likely N-dealkylation sites (tertiary alicyclic amines) is 1. The van der Waals surface area contributed by atoms with Gasteiger partial charge >= 0.3 is 6.03 Å². The van der Waals surface area contributed by atoms with Gasteiger partial charge in [-0.3, -0.25) is 0 Å². The molecule has 2 heterocycles. The van der Waals surface area contributed by atoms with E-state index in [9.17, 15) is 4.79 Å². The Hall–Kier alpha value is -1.39. The third-order valence-corrected chi connectivity index (χ3v) is 2.66. The Labute approximate surface area is 82.7 Å². The predicted octanol–water partition coefficient (Wildman–Crippen LogP) is 1.12. The first-order chi connectivity index (χ1) is 6.79. The summed E-state index contributed by atoms with van der Waals surface area (Å²) in [5.41, 5.74) is 0. The summed E-state index contributed by atoms with van der Waals surface area (Å²) in [5.74, 6) is 0. The largest absolute Gasteiger partial charge is 0.346 e. The van der Waals surface area contributed by atoms with Crippen LogP contribution in [0.1, 0.15) is 26.2 Å². The van der Waals surface area contributed by atoms with Gasteiger partial charge in [0.15, 0.2) is 0 Å². The van der Waals surface area contributed by atoms with Crippen molar-refractivity contribution in [2.45, 2.75) is 32.2 Å². The van der Waals surface area contributed by atoms with E-state index in [4.69, 9.17) is 0 Å². The molecule has 0 aliphatic carbocycles. The quantitative estimate of drug-likeness (QED) is 0.622. The van der Waals surface area contributed by atoms with E-state index in [-0.39, 0.29) is 6.03 Å². The molecule has 1 fully saturated rings. The standard InChI is InChI=1S/C9H14N4O/c1-8-4-2-3-5-12(8)9(14)13-7-10-6-11-13/h6-8H,2-5H2,1H3. The van der Waals surface area contributed by atoms with Crippen molar-refractivity contribution >= 4 is 6.03 Å². The zero-order chi connectivity index (χ0) is 9.97. The van der Waals surface area contributed by atoms with E-state index in [0.29, 0.717) is 6.04 Å². The number of carbonyl (C=O) groups excluding carboxylic acids is 1. The molecule has 76 valence electrons. The average Bonchev–Trinajstić information content (AvgIpc) is 2.70. The van der Waals surface area contributed by atoms with E-state index in [1.54, 1.807) is 0 Å². The van der Waals surface area contributed by atoms with Gasteiger partial charge in [0, 0.05) is 12.6 Å². The van der Waals surface area contributed by atoms with Gasteiger partial charge in [0.25, 0.3) is 0 Å². The minimum Gasteiger partial charge on any atom is -0.320 e. The van der Waals surface area contributed by atoms with Gasteiger partial charge in [-0.25, -0.2) is 9.78 Å². The molecule has 1 saturated heterocycles. The summed E-state index contributed by atoms with van der Waals surface area (Å²) in [4.78, 5) is 17.5. The lowest BCUT2D eigenvalue weighted by Crippen LogP contribution is -2.44. The molecule has 2 rings (SSSR count). The van der Waals surface area contributed by atoms with Gasteiger partial charge in [-0.2, -0.15) is 9.78 Å². The molecular weight excluding hydrogens is 180 g/mol. The molecule has 1 aromatic heterocycles. The second kappa shape index (κ2) is 3.77. The number of carbonyl (C=O) groups is 1. The second-order valence-electron chi connectivity index (χ2n) is 3.66. The Kier molecular flexibility index (Phi) is 2.47. The minimum atomic E-state index is -0.0605. The summed E-state index contributed by atoms with van der Waals surface area (Å²) in [6.45, 7) is 2.91. The van der Waals surface area contributed by atoms with Gasteiger partial charge in [-0.1, -0.05) is 0 Å². The Morgan fingerprint density at radius 1 is 1.50 bits per heavy atom. The molecule has 1 unspecified atom stereocenters. The highest BCUT2D eigenvalue weighted by atomic mass is 16.2. The maximum atomic E-state index is 11.9. The number of nitrogens with zero attached hydrogens (tertiary/aromatic N) is 4. The highest BCUT2D eigenvalue weighted by molar-refractivity contribution is 5.75. The van der Waals surface area contributed by atoms with E-state index in [2.05, 4.69) is 17.0 Å². The van der Waals surface area contributed by atoms with E-state index in [1.807, 2.05) is 4.90 Å². The summed E-state index contributed by atoms with van der Waals surface area (Å²) in [6.07, 6.45) is 6.21. The molecule has 5 heteroatoms. The fraction of sp³-hybridized carbons (Fsp3) is 0.667. The van der Waals surface area contributed by atoms with Crippen molar-refractivity contribution in [3.05, 3.63) is 12.7 Å². The van der Waals surface area contributed by atoms with Crippen molar-refractivity contribution in [3.63, 3.8) is 0 Å². The molecule has 0 N–H and O–H groups in total. The second-order valence-corrected chi connectivity index (χ2v) is 3.66. The lowest BCUT2D eigenvalue weighted by Gasteiger charge is -2.32. The zero-order valence-corrected chi connectivity index (χ0v) is 8.26. The van der Waals surface area contributed by atoms with Crippen LogP contribution in [0.25, 0.3) is 0 Å². The molecule has 1 aromatic rings. The minimum absolute atomic E-state index is 0.0605. The number of amides is 1. The van der Waals surface area contributed by atoms with E-state index in [0.717, 1.165) is 19.4 Å². The van der Waals surface area contributed by atoms with Crippen LogP contribution in [-0.4, -0.2) is 38.3 Å². The number of aromatic nitrogens is 3. The first kappa shape index (κ1) is 9.18. The summed E-state index contributed by atoms with van der Waals surface area (Å²) in [7, 11) is 0. The average molecular weight is 194 g/mol. The van der Waals surface area contributed by atoms with E-state index >= 15 is 0 Å². The Morgan fingerprint density at radius 3 is 3.00 bits per heavy atom. The third kappa shape index (κ3) is 1.62. The monoisotopic (exact) mass is 194 g/mol. The smallest absolute Gasteiger partial charge is 0.320 e. The van der Waals surface area contributed by atoms with Crippen molar-refractivity contribution in [3.8, 4) is 0 Å². The molecule has 0 saturated carbocycles. The van der Waals surface area contributed by atoms with Gasteiger partial charge in [0.2, 0.25) is 0 Å². The predicted molar refractivity (Wildman–Crippen MR) is 50.8 cm³/mol. The van der Waals surface area contributed by atoms with Crippen LogP contribution in [0.2, 0.25) is 0 Å². The molecule has 5 nitrogen and oxygen atoms in total. The normalized spacial score (nSPS) is 22.4. The zero-order valence-electron chi connectivity index (χ0n) is 8.26. The van der Waals surface area contributed by atoms with Gasteiger partial charge in [-0.05, 0) is 26.2 Å². The van der Waals surface area contributed by atoms with Gasteiger partial charge in [0.05, 0.1) is 0 Å². The molecule has 1 amide bonds. The van der Waals surface area contributed by atoms with Crippen LogP contribution in [0.15, 0.2) is 12.7 Å². The highest BCUT2D eigenvalue weighted by Crippen LogP contribution is 2.16. The molecule has 1 aliphatic heterocycles. The summed E-state index contributed by atoms with van der Waals surface area (Å²) in [6, 6.07) is 0.259. The van der Waals surface area contributed by atoms with Crippen LogP contribution >= 0.6 is 0 Å². The van der Waals surface area contributed by atoms with Crippen LogP contribution in [0, 0.1) is 0 Å². The van der Waals surface area contributed by atoms with E-state index < -0.39 is 0 Å². The number of rotatable bonds is 0. The van der Waals surface area contributed by atoms with Crippen molar-refractivity contribution in [1.82, 2.24) is 19.7 Å². The van der Waals surface area contributed by atoms with Crippen LogP contribution in [0.5, 0.6) is 0 Å². The van der Waals surface area contributed by atoms with Crippen LogP contribution in [-0.2, 0) is 0 Å². The van der Waals surface area contributed by atoms with Crippen molar-refractivity contribution in [2.75, 3.05) is 6.54 Å². The van der Waals surface area contributed by atoms with Crippen molar-refractivity contribution < 1.29 is 4.79 Å². The van der Waals surface area contributed by atoms with E-state index in [1.165, 1.54) is 23.8 Å². The third-order valence-electron chi connectivity index (χ3n) is 2.66. The van der Waals surface area contributed by atoms with Gasteiger partial charge in [0.1, 0.15) is 12.7 Å². The van der Waals surface area contributed by atoms with Gasteiger partial charge in [-0.15, -0.1) is 0 Å². The number of hydrogen-bond acceptors (Lipinski definition) is 3. The van der Waals surface area contributed by atoms with Crippen LogP contribution in [0.3, 0.4) is 0 Å². The molecular formula is C9H14N4O. The summed E-state index contributed by atoms with van der Waals surface area (Å²) < 4.78 is 1.29. The molecule has 14 heavy (non-hydrogen) atoms. The molecule has 0 bridgehead atoms. The molecule has 1 atom stereocenters. The van der Waals surface area contributed by atoms with Gasteiger partial charge < -0.3 is 4.90 Å². The maximum absolute atomic E-state index is 11.9. The summed E-state index contributed by atoms with van der Waals surface area (Å²) >= 11 is 0. The lowest BCUT2D eigenvalue weighted by atomic mass is 10.0. The summed E-state index contributed by atoms with van der Waals surface area (Å²) in [5, 5.41) is 3.84. The SMILES string of the molecule is CC1CCCCN1C(=O)n1cncn1. The Balaban J connectivity index is 2.10. The van der Waals surface area contributed by atoms with Crippen molar-refractivity contribution in [1.29, 1.82) is 0 Å². The topological polar surface area (TPSA) is 51.0 Å². The highest BCUT2D eigenvalue weighted by Gasteiger charge is 2.24. The van der Waals surface area contributed by atoms with Crippen LogP contribution in [0.4, 0.5) is 4.79 Å². The molecule has 0 spiro atoms.